The topological polar surface area (TPSA) is 79.7 Å². The van der Waals surface area contributed by atoms with E-state index in [9.17, 15) is 9.59 Å². The number of carbonyl (C=O) groups is 1. The first-order valence-corrected chi connectivity index (χ1v) is 9.54. The number of rotatable bonds is 3. The fourth-order valence-corrected chi connectivity index (χ4v) is 3.09. The molecule has 0 aromatic carbocycles. The zero-order valence-corrected chi connectivity index (χ0v) is 17.3. The van der Waals surface area contributed by atoms with Crippen molar-refractivity contribution in [2.24, 2.45) is 7.05 Å². The third kappa shape index (κ3) is 5.31. The summed E-state index contributed by atoms with van der Waals surface area (Å²) >= 11 is 0. The van der Waals surface area contributed by atoms with Crippen LogP contribution in [0.3, 0.4) is 0 Å². The van der Waals surface area contributed by atoms with Gasteiger partial charge in [-0.25, -0.2) is 9.78 Å². The highest BCUT2D eigenvalue weighted by atomic mass is 16.6. The quantitative estimate of drug-likeness (QED) is 0.792. The molecule has 0 spiro atoms. The van der Waals surface area contributed by atoms with Gasteiger partial charge in [0.25, 0.3) is 5.56 Å². The van der Waals surface area contributed by atoms with Crippen molar-refractivity contribution >= 4 is 36.6 Å². The van der Waals surface area contributed by atoms with Crippen LogP contribution in [0.1, 0.15) is 20.8 Å². The lowest BCUT2D eigenvalue weighted by atomic mass is 9.98. The minimum atomic E-state index is -0.495. The van der Waals surface area contributed by atoms with Gasteiger partial charge in [-0.15, -0.1) is 0 Å². The molecule has 0 saturated carbocycles. The predicted molar refractivity (Wildman–Crippen MR) is 115 cm³/mol. The van der Waals surface area contributed by atoms with Gasteiger partial charge in [0.2, 0.25) is 0 Å². The van der Waals surface area contributed by atoms with E-state index in [1.807, 2.05) is 32.9 Å². The van der Waals surface area contributed by atoms with Crippen molar-refractivity contribution in [3.05, 3.63) is 40.9 Å². The van der Waals surface area contributed by atoms with Crippen LogP contribution in [0.4, 0.5) is 22.0 Å². The van der Waals surface area contributed by atoms with Gasteiger partial charge < -0.3 is 24.4 Å². The van der Waals surface area contributed by atoms with Crippen LogP contribution in [0.15, 0.2) is 35.4 Å². The van der Waals surface area contributed by atoms with Crippen molar-refractivity contribution < 1.29 is 9.53 Å². The number of hydrogen-bond donors (Lipinski definition) is 1. The first kappa shape index (κ1) is 20.8. The maximum atomic E-state index is 12.2. The molecule has 1 fully saturated rings. The van der Waals surface area contributed by atoms with E-state index in [0.717, 1.165) is 5.69 Å². The molecule has 2 radical (unpaired) electrons. The Hall–Kier alpha value is -2.97. The highest BCUT2D eigenvalue weighted by molar-refractivity contribution is 6.32. The molecule has 1 N–H and O–H groups in total. The molecule has 0 aliphatic carbocycles. The van der Waals surface area contributed by atoms with E-state index < -0.39 is 5.60 Å². The molecule has 3 heterocycles. The number of aromatic nitrogens is 2. The number of amides is 1. The van der Waals surface area contributed by atoms with E-state index in [1.165, 1.54) is 4.57 Å². The standard InChI is InChI=1S/C20H26BN5O3/c1-20(2,3)29-19(28)26-9-7-25(8-10-26)15-5-6-17(22-12-15)23-16-11-14(21)13-24(4)18(16)27/h5-6,11-13H,7-10H2,1-4H3,(H,22,23). The first-order valence-electron chi connectivity index (χ1n) is 9.54. The van der Waals surface area contributed by atoms with E-state index in [1.54, 1.807) is 30.4 Å². The average molecular weight is 395 g/mol. The number of pyridine rings is 2. The SMILES string of the molecule is [B]c1cc(Nc2ccc(N3CCN(C(=O)OC(C)(C)C)CC3)cn2)c(=O)n(C)c1. The Labute approximate surface area is 171 Å². The number of nitrogens with one attached hydrogen (secondary N) is 1. The molecule has 9 heteroatoms. The molecule has 1 saturated heterocycles. The van der Waals surface area contributed by atoms with Crippen molar-refractivity contribution in [2.45, 2.75) is 26.4 Å². The van der Waals surface area contributed by atoms with Gasteiger partial charge in [0.1, 0.15) is 25.0 Å². The second-order valence-corrected chi connectivity index (χ2v) is 8.08. The molecule has 2 aromatic rings. The van der Waals surface area contributed by atoms with Crippen LogP contribution in [0, 0.1) is 0 Å². The van der Waals surface area contributed by atoms with Gasteiger partial charge in [0.15, 0.2) is 0 Å². The van der Waals surface area contributed by atoms with Gasteiger partial charge in [0, 0.05) is 33.2 Å². The van der Waals surface area contributed by atoms with Gasteiger partial charge in [-0.1, -0.05) is 5.46 Å². The summed E-state index contributed by atoms with van der Waals surface area (Å²) in [6.07, 6.45) is 3.04. The van der Waals surface area contributed by atoms with Crippen molar-refractivity contribution in [3.63, 3.8) is 0 Å². The summed E-state index contributed by atoms with van der Waals surface area (Å²) < 4.78 is 6.86. The summed E-state index contributed by atoms with van der Waals surface area (Å²) in [6, 6.07) is 5.35. The zero-order valence-electron chi connectivity index (χ0n) is 17.3. The average Bonchev–Trinajstić information content (AvgIpc) is 2.65. The third-order valence-corrected chi connectivity index (χ3v) is 4.51. The van der Waals surface area contributed by atoms with Gasteiger partial charge in [-0.3, -0.25) is 4.79 Å². The van der Waals surface area contributed by atoms with Crippen molar-refractivity contribution in [2.75, 3.05) is 36.4 Å². The van der Waals surface area contributed by atoms with Gasteiger partial charge in [0.05, 0.1) is 11.9 Å². The number of carbonyl (C=O) groups excluding carboxylic acids is 1. The van der Waals surface area contributed by atoms with E-state index in [2.05, 4.69) is 15.2 Å². The highest BCUT2D eigenvalue weighted by Crippen LogP contribution is 2.19. The smallest absolute Gasteiger partial charge is 0.410 e. The molecule has 0 bridgehead atoms. The number of piperazine rings is 1. The monoisotopic (exact) mass is 395 g/mol. The maximum absolute atomic E-state index is 12.2. The Morgan fingerprint density at radius 2 is 1.90 bits per heavy atom. The normalized spacial score (nSPS) is 14.6. The van der Waals surface area contributed by atoms with Crippen LogP contribution in [0.5, 0.6) is 0 Å². The van der Waals surface area contributed by atoms with E-state index in [-0.39, 0.29) is 11.7 Å². The summed E-state index contributed by atoms with van der Waals surface area (Å²) in [6.45, 7) is 8.17. The lowest BCUT2D eigenvalue weighted by Gasteiger charge is -2.36. The minimum Gasteiger partial charge on any atom is -0.444 e. The summed E-state index contributed by atoms with van der Waals surface area (Å²) in [7, 11) is 7.46. The van der Waals surface area contributed by atoms with Crippen molar-refractivity contribution in [1.29, 1.82) is 0 Å². The second-order valence-electron chi connectivity index (χ2n) is 8.08. The molecule has 1 aliphatic heterocycles. The second kappa shape index (κ2) is 8.18. The number of aryl methyl sites for hydroxylation is 1. The number of nitrogens with zero attached hydrogens (tertiary/aromatic N) is 4. The Kier molecular flexibility index (Phi) is 5.86. The first-order chi connectivity index (χ1) is 13.6. The largest absolute Gasteiger partial charge is 0.444 e. The van der Waals surface area contributed by atoms with Crippen LogP contribution in [-0.4, -0.2) is 60.2 Å². The Morgan fingerprint density at radius 1 is 1.21 bits per heavy atom. The van der Waals surface area contributed by atoms with Gasteiger partial charge in [-0.05, 0) is 45.2 Å². The summed E-state index contributed by atoms with van der Waals surface area (Å²) in [5, 5.41) is 3.02. The Morgan fingerprint density at radius 3 is 2.48 bits per heavy atom. The third-order valence-electron chi connectivity index (χ3n) is 4.51. The van der Waals surface area contributed by atoms with E-state index in [0.29, 0.717) is 43.1 Å². The molecule has 2 aromatic heterocycles. The van der Waals surface area contributed by atoms with Crippen molar-refractivity contribution in [1.82, 2.24) is 14.5 Å². The molecular formula is C20H26BN5O3. The van der Waals surface area contributed by atoms with Crippen LogP contribution >= 0.6 is 0 Å². The summed E-state index contributed by atoms with van der Waals surface area (Å²) in [5.74, 6) is 0.559. The molecule has 1 amide bonds. The molecule has 8 nitrogen and oxygen atoms in total. The van der Waals surface area contributed by atoms with E-state index in [4.69, 9.17) is 12.6 Å². The lowest BCUT2D eigenvalue weighted by Crippen LogP contribution is -2.50. The predicted octanol–water partition coefficient (Wildman–Crippen LogP) is 1.37. The minimum absolute atomic E-state index is 0.177. The van der Waals surface area contributed by atoms with Crippen LogP contribution in [0.2, 0.25) is 0 Å². The lowest BCUT2D eigenvalue weighted by molar-refractivity contribution is 0.0240. The molecule has 0 unspecified atom stereocenters. The fraction of sp³-hybridized carbons (Fsp3) is 0.450. The fourth-order valence-electron chi connectivity index (χ4n) is 3.09. The summed E-state index contributed by atoms with van der Waals surface area (Å²) in [4.78, 5) is 32.6. The zero-order chi connectivity index (χ0) is 21.2. The molecule has 152 valence electrons. The summed E-state index contributed by atoms with van der Waals surface area (Å²) in [5.41, 5.74) is 1.15. The van der Waals surface area contributed by atoms with Crippen molar-refractivity contribution in [3.8, 4) is 0 Å². The Bertz CT molecular complexity index is 929. The number of anilines is 3. The molecule has 0 atom stereocenters. The van der Waals surface area contributed by atoms with Gasteiger partial charge in [-0.2, -0.15) is 0 Å². The van der Waals surface area contributed by atoms with Crippen LogP contribution in [0.25, 0.3) is 0 Å². The van der Waals surface area contributed by atoms with E-state index >= 15 is 0 Å². The molecule has 29 heavy (non-hydrogen) atoms. The maximum Gasteiger partial charge on any atom is 0.410 e. The number of hydrogen-bond acceptors (Lipinski definition) is 6. The molecule has 3 rings (SSSR count). The molecule has 1 aliphatic rings. The van der Waals surface area contributed by atoms with Crippen LogP contribution in [-0.2, 0) is 11.8 Å². The number of ether oxygens (including phenoxy) is 1. The molecular weight excluding hydrogens is 369 g/mol. The van der Waals surface area contributed by atoms with Gasteiger partial charge >= 0.3 is 6.09 Å². The van der Waals surface area contributed by atoms with Crippen LogP contribution < -0.4 is 21.2 Å². The highest BCUT2D eigenvalue weighted by Gasteiger charge is 2.26. The Balaban J connectivity index is 1.60.